The van der Waals surface area contributed by atoms with Crippen LogP contribution in [0.1, 0.15) is 60.7 Å². The smallest absolute Gasteiger partial charge is 0.226 e. The van der Waals surface area contributed by atoms with Gasteiger partial charge in [-0.25, -0.2) is 0 Å². The molecular weight excluding hydrogens is 446 g/mol. The highest BCUT2D eigenvalue weighted by molar-refractivity contribution is 5.95. The molecule has 3 aromatic heterocycles. The van der Waals surface area contributed by atoms with Gasteiger partial charge in [0.1, 0.15) is 5.82 Å². The van der Waals surface area contributed by atoms with Crippen molar-refractivity contribution in [2.24, 2.45) is 0 Å². The Hall–Kier alpha value is -3.95. The minimum absolute atomic E-state index is 0.0737. The number of aryl methyl sites for hydroxylation is 2. The van der Waals surface area contributed by atoms with E-state index >= 15 is 0 Å². The molecule has 1 unspecified atom stereocenters. The van der Waals surface area contributed by atoms with Crippen LogP contribution in [-0.4, -0.2) is 48.7 Å². The van der Waals surface area contributed by atoms with Crippen LogP contribution in [0.2, 0.25) is 0 Å². The van der Waals surface area contributed by atoms with Crippen molar-refractivity contribution in [2.75, 3.05) is 12.4 Å². The molecule has 1 atom stereocenters. The molecule has 4 heterocycles. The Labute approximate surface area is 202 Å². The summed E-state index contributed by atoms with van der Waals surface area (Å²) < 4.78 is 15.2. The first-order chi connectivity index (χ1) is 17.0. The number of fused-ring (bicyclic) bond motifs is 2. The molecule has 35 heavy (non-hydrogen) atoms. The molecule has 0 radical (unpaired) electrons. The maximum Gasteiger partial charge on any atom is 0.226 e. The number of aromatic nitrogens is 6. The monoisotopic (exact) mass is 473 g/mol. The number of anilines is 1. The highest BCUT2D eigenvalue weighted by atomic mass is 16.5. The van der Waals surface area contributed by atoms with Crippen molar-refractivity contribution in [3.05, 3.63) is 53.0 Å². The van der Waals surface area contributed by atoms with Crippen molar-refractivity contribution in [3.63, 3.8) is 0 Å². The highest BCUT2D eigenvalue weighted by Crippen LogP contribution is 2.42. The first-order valence-electron chi connectivity index (χ1n) is 11.9. The summed E-state index contributed by atoms with van der Waals surface area (Å²) in [4.78, 5) is 12.8. The molecular formula is C25H27N7O3. The Balaban J connectivity index is 1.40. The number of benzene rings is 1. The lowest BCUT2D eigenvalue weighted by molar-refractivity contribution is -0.116. The molecule has 1 fully saturated rings. The first kappa shape index (κ1) is 21.6. The van der Waals surface area contributed by atoms with Gasteiger partial charge in [0, 0.05) is 17.9 Å². The van der Waals surface area contributed by atoms with Crippen LogP contribution in [0.25, 0.3) is 11.5 Å². The van der Waals surface area contributed by atoms with Gasteiger partial charge in [0.25, 0.3) is 0 Å². The molecule has 1 aromatic carbocycles. The summed E-state index contributed by atoms with van der Waals surface area (Å²) in [5, 5.41) is 20.6. The van der Waals surface area contributed by atoms with Gasteiger partial charge in [-0.1, -0.05) is 6.07 Å². The zero-order valence-electron chi connectivity index (χ0n) is 20.0. The van der Waals surface area contributed by atoms with Gasteiger partial charge in [-0.05, 0) is 69.4 Å². The van der Waals surface area contributed by atoms with Gasteiger partial charge in [-0.15, -0.1) is 15.3 Å². The van der Waals surface area contributed by atoms with Crippen molar-refractivity contribution in [1.82, 2.24) is 29.6 Å². The third-order valence-corrected chi connectivity index (χ3v) is 6.91. The number of nitrogens with one attached hydrogen (secondary N) is 1. The molecule has 180 valence electrons. The highest BCUT2D eigenvalue weighted by Gasteiger charge is 2.33. The fourth-order valence-electron chi connectivity index (χ4n) is 5.18. The Bertz CT molecular complexity index is 1430. The zero-order chi connectivity index (χ0) is 24.1. The Morgan fingerprint density at radius 3 is 2.66 bits per heavy atom. The average molecular weight is 474 g/mol. The third kappa shape index (κ3) is 3.69. The van der Waals surface area contributed by atoms with E-state index in [-0.39, 0.29) is 17.9 Å². The number of carbonyl (C=O) groups is 1. The van der Waals surface area contributed by atoms with E-state index in [4.69, 9.17) is 14.6 Å². The lowest BCUT2D eigenvalue weighted by Crippen LogP contribution is -2.25. The minimum Gasteiger partial charge on any atom is -0.493 e. The fourth-order valence-corrected chi connectivity index (χ4v) is 5.18. The van der Waals surface area contributed by atoms with Gasteiger partial charge < -0.3 is 14.8 Å². The summed E-state index contributed by atoms with van der Waals surface area (Å²) in [7, 11) is 1.65. The summed E-state index contributed by atoms with van der Waals surface area (Å²) in [6, 6.07) is 9.63. The molecule has 0 bridgehead atoms. The molecule has 0 spiro atoms. The van der Waals surface area contributed by atoms with Crippen LogP contribution in [0, 0.1) is 13.8 Å². The van der Waals surface area contributed by atoms with E-state index in [9.17, 15) is 4.79 Å². The molecule has 10 heteroatoms. The normalized spacial score (nSPS) is 18.0. The predicted molar refractivity (Wildman–Crippen MR) is 128 cm³/mol. The first-order valence-corrected chi connectivity index (χ1v) is 11.9. The van der Waals surface area contributed by atoms with E-state index in [2.05, 4.69) is 20.6 Å². The second-order valence-electron chi connectivity index (χ2n) is 9.21. The molecule has 1 amide bonds. The quantitative estimate of drug-likeness (QED) is 0.470. The Kier molecular flexibility index (Phi) is 5.16. The Morgan fingerprint density at radius 1 is 1.03 bits per heavy atom. The number of amides is 1. The predicted octanol–water partition coefficient (Wildman–Crippen LogP) is 3.73. The second-order valence-corrected chi connectivity index (χ2v) is 9.21. The summed E-state index contributed by atoms with van der Waals surface area (Å²) >= 11 is 0. The maximum absolute atomic E-state index is 12.8. The average Bonchev–Trinajstić information content (AvgIpc) is 3.59. The molecule has 2 aliphatic rings. The number of carbonyl (C=O) groups excluding carboxylic acids is 1. The van der Waals surface area contributed by atoms with Crippen LogP contribution >= 0.6 is 0 Å². The minimum atomic E-state index is -0.165. The molecule has 1 saturated carbocycles. The van der Waals surface area contributed by atoms with Gasteiger partial charge in [-0.3, -0.25) is 4.79 Å². The molecule has 6 rings (SSSR count). The number of rotatable bonds is 5. The topological polar surface area (TPSA) is 108 Å². The van der Waals surface area contributed by atoms with E-state index in [1.165, 1.54) is 12.8 Å². The molecule has 0 saturated heterocycles. The van der Waals surface area contributed by atoms with Crippen LogP contribution < -0.4 is 14.8 Å². The van der Waals surface area contributed by atoms with E-state index < -0.39 is 0 Å². The summed E-state index contributed by atoms with van der Waals surface area (Å²) in [5.41, 5.74) is 3.44. The molecule has 1 N–H and O–H groups in total. The lowest BCUT2D eigenvalue weighted by atomic mass is 9.85. The molecule has 1 aliphatic carbocycles. The van der Waals surface area contributed by atoms with E-state index in [0.29, 0.717) is 35.3 Å². The molecule has 10 nitrogen and oxygen atoms in total. The number of nitrogens with zero attached hydrogens (tertiary/aromatic N) is 6. The van der Waals surface area contributed by atoms with E-state index in [1.54, 1.807) is 16.3 Å². The Morgan fingerprint density at radius 2 is 1.86 bits per heavy atom. The van der Waals surface area contributed by atoms with Crippen molar-refractivity contribution >= 4 is 17.4 Å². The third-order valence-electron chi connectivity index (χ3n) is 6.91. The van der Waals surface area contributed by atoms with Crippen molar-refractivity contribution < 1.29 is 14.3 Å². The number of hydrogen-bond acceptors (Lipinski definition) is 7. The lowest BCUT2D eigenvalue weighted by Gasteiger charge is -2.25. The van der Waals surface area contributed by atoms with Gasteiger partial charge in [0.15, 0.2) is 28.8 Å². The number of ether oxygens (including phenoxy) is 2. The van der Waals surface area contributed by atoms with Crippen LogP contribution in [0.15, 0.2) is 30.3 Å². The zero-order valence-corrected chi connectivity index (χ0v) is 20.0. The van der Waals surface area contributed by atoms with Crippen LogP contribution in [0.5, 0.6) is 11.5 Å². The van der Waals surface area contributed by atoms with Crippen LogP contribution in [0.4, 0.5) is 5.82 Å². The van der Waals surface area contributed by atoms with Crippen LogP contribution in [-0.2, 0) is 4.79 Å². The standard InChI is InChI=1S/C25H27N7O3/c1-14-24-18(16-8-9-19(20(12-16)34-3)35-17-6-4-5-7-17)13-23(33)26-25(24)32(29-14)22-11-10-21-28-27-15(2)31(21)30-22/h8-12,17-18H,4-7,13H2,1-3H3,(H,26,33). The molecule has 4 aromatic rings. The summed E-state index contributed by atoms with van der Waals surface area (Å²) in [6.07, 6.45) is 5.11. The van der Waals surface area contributed by atoms with Crippen molar-refractivity contribution in [3.8, 4) is 17.3 Å². The summed E-state index contributed by atoms with van der Waals surface area (Å²) in [6.45, 7) is 3.79. The van der Waals surface area contributed by atoms with E-state index in [0.717, 1.165) is 35.4 Å². The van der Waals surface area contributed by atoms with Crippen LogP contribution in [0.3, 0.4) is 0 Å². The maximum atomic E-state index is 12.8. The second kappa shape index (κ2) is 8.37. The molecule has 1 aliphatic heterocycles. The van der Waals surface area contributed by atoms with Crippen molar-refractivity contribution in [1.29, 1.82) is 0 Å². The number of methoxy groups -OCH3 is 1. The van der Waals surface area contributed by atoms with E-state index in [1.807, 2.05) is 44.2 Å². The van der Waals surface area contributed by atoms with Gasteiger partial charge in [0.05, 0.1) is 18.9 Å². The largest absolute Gasteiger partial charge is 0.493 e. The number of hydrogen-bond donors (Lipinski definition) is 1. The van der Waals surface area contributed by atoms with Gasteiger partial charge in [0.2, 0.25) is 5.91 Å². The van der Waals surface area contributed by atoms with Gasteiger partial charge >= 0.3 is 0 Å². The van der Waals surface area contributed by atoms with Crippen molar-refractivity contribution in [2.45, 2.75) is 58.0 Å². The summed E-state index contributed by atoms with van der Waals surface area (Å²) in [5.74, 6) is 3.07. The van der Waals surface area contributed by atoms with Gasteiger partial charge in [-0.2, -0.15) is 14.3 Å². The SMILES string of the molecule is COc1cc(C2CC(=O)Nc3c2c(C)nn3-c2ccc3nnc(C)n3n2)ccc1OC1CCCC1. The fraction of sp³-hybridized carbons (Fsp3) is 0.400.